The molecule has 118 valence electrons. The number of hydrogen-bond donors (Lipinski definition) is 1. The molecule has 1 N–H and O–H groups in total. The van der Waals surface area contributed by atoms with Gasteiger partial charge in [-0.1, -0.05) is 29.8 Å². The molecule has 0 aliphatic heterocycles. The number of ether oxygens (including phenoxy) is 1. The third-order valence-electron chi connectivity index (χ3n) is 3.35. The Morgan fingerprint density at radius 2 is 2.18 bits per heavy atom. The van der Waals surface area contributed by atoms with E-state index in [2.05, 4.69) is 10.1 Å². The van der Waals surface area contributed by atoms with E-state index < -0.39 is 11.7 Å². The van der Waals surface area contributed by atoms with E-state index in [0.29, 0.717) is 17.3 Å². The molecular formula is C16H20ClN3O2. The van der Waals surface area contributed by atoms with Crippen LogP contribution in [0, 0.1) is 0 Å². The van der Waals surface area contributed by atoms with Crippen molar-refractivity contribution in [1.82, 2.24) is 14.8 Å². The zero-order valence-electron chi connectivity index (χ0n) is 12.9. The topological polar surface area (TPSA) is 60.2 Å². The summed E-state index contributed by atoms with van der Waals surface area (Å²) in [5.74, 6) is 0. The van der Waals surface area contributed by atoms with Crippen molar-refractivity contribution < 1.29 is 9.84 Å². The standard InChI is InChI=1S/C16H20ClN3O2/c1-4-22-16(2,3)15(21)14(20-11-18-10-19-20)9-12-7-5-6-8-13(12)17/h5-11,15,21H,4H2,1-3H3/b14-9-. The first-order valence-corrected chi connectivity index (χ1v) is 7.46. The van der Waals surface area contributed by atoms with Crippen LogP contribution >= 0.6 is 11.6 Å². The summed E-state index contributed by atoms with van der Waals surface area (Å²) in [6.45, 7) is 6.05. The van der Waals surface area contributed by atoms with Crippen LogP contribution in [0.1, 0.15) is 26.3 Å². The largest absolute Gasteiger partial charge is 0.384 e. The van der Waals surface area contributed by atoms with Gasteiger partial charge in [-0.05, 0) is 38.5 Å². The zero-order valence-corrected chi connectivity index (χ0v) is 13.7. The lowest BCUT2D eigenvalue weighted by molar-refractivity contribution is -0.0753. The normalized spacial score (nSPS) is 14.1. The third kappa shape index (κ3) is 3.74. The number of hydrogen-bond acceptors (Lipinski definition) is 4. The van der Waals surface area contributed by atoms with Crippen molar-refractivity contribution in [2.75, 3.05) is 6.61 Å². The first kappa shape index (κ1) is 16.7. The fourth-order valence-corrected chi connectivity index (χ4v) is 2.36. The van der Waals surface area contributed by atoms with Crippen molar-refractivity contribution in [3.8, 4) is 0 Å². The number of halogens is 1. The van der Waals surface area contributed by atoms with Gasteiger partial charge in [-0.2, -0.15) is 5.10 Å². The minimum Gasteiger partial charge on any atom is -0.384 e. The maximum Gasteiger partial charge on any atom is 0.138 e. The maximum absolute atomic E-state index is 10.8. The molecule has 0 bridgehead atoms. The molecular weight excluding hydrogens is 302 g/mol. The predicted octanol–water partition coefficient (Wildman–Crippen LogP) is 3.11. The van der Waals surface area contributed by atoms with Gasteiger partial charge in [0.15, 0.2) is 0 Å². The second-order valence-electron chi connectivity index (χ2n) is 5.37. The summed E-state index contributed by atoms with van der Waals surface area (Å²) in [4.78, 5) is 3.94. The summed E-state index contributed by atoms with van der Waals surface area (Å²) in [6, 6.07) is 7.41. The van der Waals surface area contributed by atoms with Crippen molar-refractivity contribution in [2.24, 2.45) is 0 Å². The summed E-state index contributed by atoms with van der Waals surface area (Å²) in [6.07, 6.45) is 3.85. The van der Waals surface area contributed by atoms with Crippen LogP contribution in [0.4, 0.5) is 0 Å². The summed E-state index contributed by atoms with van der Waals surface area (Å²) in [5, 5.41) is 15.5. The molecule has 0 radical (unpaired) electrons. The van der Waals surface area contributed by atoms with Crippen LogP contribution < -0.4 is 0 Å². The first-order chi connectivity index (χ1) is 10.5. The van der Waals surface area contributed by atoms with Crippen LogP contribution in [-0.2, 0) is 4.74 Å². The van der Waals surface area contributed by atoms with E-state index in [4.69, 9.17) is 16.3 Å². The third-order valence-corrected chi connectivity index (χ3v) is 3.69. The molecule has 0 saturated heterocycles. The average molecular weight is 322 g/mol. The Morgan fingerprint density at radius 3 is 2.77 bits per heavy atom. The van der Waals surface area contributed by atoms with Crippen LogP contribution in [0.2, 0.25) is 5.02 Å². The molecule has 2 rings (SSSR count). The smallest absolute Gasteiger partial charge is 0.138 e. The average Bonchev–Trinajstić information content (AvgIpc) is 2.99. The molecule has 0 fully saturated rings. The lowest BCUT2D eigenvalue weighted by Crippen LogP contribution is -2.41. The summed E-state index contributed by atoms with van der Waals surface area (Å²) < 4.78 is 7.18. The number of rotatable bonds is 6. The second-order valence-corrected chi connectivity index (χ2v) is 5.78. The molecule has 0 aliphatic carbocycles. The van der Waals surface area contributed by atoms with Gasteiger partial charge in [-0.3, -0.25) is 0 Å². The van der Waals surface area contributed by atoms with E-state index in [1.54, 1.807) is 12.1 Å². The van der Waals surface area contributed by atoms with Crippen LogP contribution in [0.15, 0.2) is 36.9 Å². The Labute approximate surface area is 135 Å². The Morgan fingerprint density at radius 1 is 1.45 bits per heavy atom. The Kier molecular flexibility index (Phi) is 5.34. The summed E-state index contributed by atoms with van der Waals surface area (Å²) >= 11 is 6.21. The highest BCUT2D eigenvalue weighted by Gasteiger charge is 2.32. The van der Waals surface area contributed by atoms with Crippen LogP contribution in [0.25, 0.3) is 11.8 Å². The molecule has 1 aromatic heterocycles. The fraction of sp³-hybridized carbons (Fsp3) is 0.375. The Bertz CT molecular complexity index is 639. The highest BCUT2D eigenvalue weighted by atomic mass is 35.5. The van der Waals surface area contributed by atoms with E-state index in [9.17, 15) is 5.11 Å². The minimum atomic E-state index is -0.898. The summed E-state index contributed by atoms with van der Waals surface area (Å²) in [5.41, 5.74) is 0.568. The monoisotopic (exact) mass is 321 g/mol. The van der Waals surface area contributed by atoms with Crippen LogP contribution in [0.5, 0.6) is 0 Å². The van der Waals surface area contributed by atoms with Gasteiger partial charge in [0.1, 0.15) is 18.8 Å². The molecule has 1 atom stereocenters. The van der Waals surface area contributed by atoms with Crippen molar-refractivity contribution in [1.29, 1.82) is 0 Å². The molecule has 1 heterocycles. The molecule has 0 spiro atoms. The maximum atomic E-state index is 10.8. The molecule has 0 aliphatic rings. The number of aromatic nitrogens is 3. The lowest BCUT2D eigenvalue weighted by atomic mass is 9.97. The Balaban J connectivity index is 2.47. The molecule has 22 heavy (non-hydrogen) atoms. The van der Waals surface area contributed by atoms with Crippen molar-refractivity contribution in [3.05, 3.63) is 47.5 Å². The summed E-state index contributed by atoms with van der Waals surface area (Å²) in [7, 11) is 0. The molecule has 0 amide bonds. The van der Waals surface area contributed by atoms with Gasteiger partial charge < -0.3 is 9.84 Å². The number of nitrogens with zero attached hydrogens (tertiary/aromatic N) is 3. The highest BCUT2D eigenvalue weighted by Crippen LogP contribution is 2.27. The van der Waals surface area contributed by atoms with Crippen LogP contribution in [0.3, 0.4) is 0 Å². The van der Waals surface area contributed by atoms with E-state index in [0.717, 1.165) is 5.56 Å². The van der Waals surface area contributed by atoms with E-state index >= 15 is 0 Å². The molecule has 0 saturated carbocycles. The van der Waals surface area contributed by atoms with Crippen molar-refractivity contribution in [3.63, 3.8) is 0 Å². The van der Waals surface area contributed by atoms with Crippen LogP contribution in [-0.4, -0.2) is 38.2 Å². The molecule has 2 aromatic rings. The van der Waals surface area contributed by atoms with Crippen molar-refractivity contribution >= 4 is 23.4 Å². The lowest BCUT2D eigenvalue weighted by Gasteiger charge is -2.31. The van der Waals surface area contributed by atoms with E-state index in [1.807, 2.05) is 39.0 Å². The van der Waals surface area contributed by atoms with Gasteiger partial charge in [0.25, 0.3) is 0 Å². The number of aliphatic hydroxyl groups excluding tert-OH is 1. The SMILES string of the molecule is CCOC(C)(C)C(O)/C(=C/c1ccccc1Cl)n1cncn1. The number of benzene rings is 1. The first-order valence-electron chi connectivity index (χ1n) is 7.09. The zero-order chi connectivity index (χ0) is 16.2. The van der Waals surface area contributed by atoms with Gasteiger partial charge in [0.05, 0.1) is 11.3 Å². The molecule has 6 heteroatoms. The second kappa shape index (κ2) is 7.05. The van der Waals surface area contributed by atoms with E-state index in [1.165, 1.54) is 17.3 Å². The van der Waals surface area contributed by atoms with Gasteiger partial charge in [0.2, 0.25) is 0 Å². The van der Waals surface area contributed by atoms with Gasteiger partial charge >= 0.3 is 0 Å². The van der Waals surface area contributed by atoms with Crippen molar-refractivity contribution in [2.45, 2.75) is 32.5 Å². The quantitative estimate of drug-likeness (QED) is 0.888. The fourth-order valence-electron chi connectivity index (χ4n) is 2.17. The van der Waals surface area contributed by atoms with Gasteiger partial charge in [-0.25, -0.2) is 9.67 Å². The van der Waals surface area contributed by atoms with Gasteiger partial charge in [-0.15, -0.1) is 0 Å². The molecule has 1 aromatic carbocycles. The Hall–Kier alpha value is -1.69. The minimum absolute atomic E-state index is 0.501. The van der Waals surface area contributed by atoms with Gasteiger partial charge in [0, 0.05) is 11.6 Å². The highest BCUT2D eigenvalue weighted by molar-refractivity contribution is 6.32. The predicted molar refractivity (Wildman–Crippen MR) is 87.4 cm³/mol. The molecule has 5 nitrogen and oxygen atoms in total. The van der Waals surface area contributed by atoms with E-state index in [-0.39, 0.29) is 0 Å². The number of aliphatic hydroxyl groups is 1. The molecule has 1 unspecified atom stereocenters.